The van der Waals surface area contributed by atoms with Gasteiger partial charge in [-0.15, -0.1) is 0 Å². The van der Waals surface area contributed by atoms with Gasteiger partial charge in [-0.3, -0.25) is 4.79 Å². The minimum atomic E-state index is -0.141. The number of hydrogen-bond acceptors (Lipinski definition) is 3. The van der Waals surface area contributed by atoms with Crippen LogP contribution in [0.2, 0.25) is 0 Å². The Morgan fingerprint density at radius 3 is 2.95 bits per heavy atom. The van der Waals surface area contributed by atoms with Crippen molar-refractivity contribution in [1.82, 2.24) is 10.3 Å². The number of anilines is 1. The quantitative estimate of drug-likeness (QED) is 0.820. The SMILES string of the molecule is Nc1nc(C(=O)NCCCC2CC2)cc2ccccc12. The molecule has 1 fully saturated rings. The van der Waals surface area contributed by atoms with Crippen LogP contribution in [0.1, 0.15) is 36.2 Å². The van der Waals surface area contributed by atoms with Crippen LogP contribution in [0.25, 0.3) is 10.8 Å². The van der Waals surface area contributed by atoms with Crippen LogP contribution in [0, 0.1) is 5.92 Å². The molecule has 0 radical (unpaired) electrons. The first kappa shape index (κ1) is 12.9. The molecule has 1 aromatic heterocycles. The van der Waals surface area contributed by atoms with Crippen molar-refractivity contribution in [2.45, 2.75) is 25.7 Å². The van der Waals surface area contributed by atoms with Crippen LogP contribution in [0.4, 0.5) is 5.82 Å². The number of nitrogens with one attached hydrogen (secondary N) is 1. The van der Waals surface area contributed by atoms with E-state index in [-0.39, 0.29) is 5.91 Å². The topological polar surface area (TPSA) is 68.0 Å². The molecule has 1 aliphatic carbocycles. The number of amides is 1. The molecule has 0 aliphatic heterocycles. The van der Waals surface area contributed by atoms with Gasteiger partial charge in [-0.1, -0.05) is 37.1 Å². The summed E-state index contributed by atoms with van der Waals surface area (Å²) in [6.07, 6.45) is 4.97. The van der Waals surface area contributed by atoms with E-state index in [9.17, 15) is 4.79 Å². The lowest BCUT2D eigenvalue weighted by molar-refractivity contribution is 0.0948. The summed E-state index contributed by atoms with van der Waals surface area (Å²) in [5.41, 5.74) is 6.30. The van der Waals surface area contributed by atoms with Gasteiger partial charge in [0.15, 0.2) is 0 Å². The van der Waals surface area contributed by atoms with E-state index in [0.717, 1.165) is 23.1 Å². The summed E-state index contributed by atoms with van der Waals surface area (Å²) in [5, 5.41) is 4.75. The van der Waals surface area contributed by atoms with E-state index in [4.69, 9.17) is 5.73 Å². The van der Waals surface area contributed by atoms with Gasteiger partial charge in [0.1, 0.15) is 11.5 Å². The standard InChI is InChI=1S/C16H19N3O/c17-15-13-6-2-1-5-12(13)10-14(19-15)16(20)18-9-3-4-11-7-8-11/h1-2,5-6,10-11H,3-4,7-9H2,(H2,17,19)(H,18,20). The van der Waals surface area contributed by atoms with E-state index >= 15 is 0 Å². The Morgan fingerprint density at radius 1 is 1.35 bits per heavy atom. The van der Waals surface area contributed by atoms with Crippen LogP contribution in [-0.2, 0) is 0 Å². The number of aromatic nitrogens is 1. The van der Waals surface area contributed by atoms with E-state index in [1.54, 1.807) is 6.07 Å². The molecule has 1 aromatic carbocycles. The van der Waals surface area contributed by atoms with Gasteiger partial charge in [-0.25, -0.2) is 4.98 Å². The van der Waals surface area contributed by atoms with Crippen molar-refractivity contribution < 1.29 is 4.79 Å². The largest absolute Gasteiger partial charge is 0.383 e. The highest BCUT2D eigenvalue weighted by Crippen LogP contribution is 2.33. The van der Waals surface area contributed by atoms with Gasteiger partial charge in [0.2, 0.25) is 0 Å². The molecule has 104 valence electrons. The van der Waals surface area contributed by atoms with Crippen molar-refractivity contribution in [3.8, 4) is 0 Å². The average Bonchev–Trinajstić information content (AvgIpc) is 3.27. The molecule has 4 heteroatoms. The number of benzene rings is 1. The van der Waals surface area contributed by atoms with Gasteiger partial charge in [0.25, 0.3) is 5.91 Å². The van der Waals surface area contributed by atoms with Crippen LogP contribution >= 0.6 is 0 Å². The lowest BCUT2D eigenvalue weighted by Gasteiger charge is -2.07. The molecule has 0 unspecified atom stereocenters. The third-order valence-electron chi connectivity index (χ3n) is 3.77. The zero-order valence-corrected chi connectivity index (χ0v) is 11.4. The number of fused-ring (bicyclic) bond motifs is 1. The number of nitrogens with zero attached hydrogens (tertiary/aromatic N) is 1. The zero-order valence-electron chi connectivity index (χ0n) is 11.4. The molecule has 3 N–H and O–H groups in total. The van der Waals surface area contributed by atoms with Gasteiger partial charge in [0, 0.05) is 11.9 Å². The molecule has 0 spiro atoms. The Bertz CT molecular complexity index is 635. The van der Waals surface area contributed by atoms with Crippen LogP contribution in [0.3, 0.4) is 0 Å². The molecule has 1 amide bonds. The van der Waals surface area contributed by atoms with Gasteiger partial charge < -0.3 is 11.1 Å². The molecule has 20 heavy (non-hydrogen) atoms. The Kier molecular flexibility index (Phi) is 3.54. The number of nitrogens with two attached hydrogens (primary N) is 1. The summed E-state index contributed by atoms with van der Waals surface area (Å²) in [5.74, 6) is 1.17. The summed E-state index contributed by atoms with van der Waals surface area (Å²) in [4.78, 5) is 16.3. The number of rotatable bonds is 5. The van der Waals surface area contributed by atoms with E-state index in [0.29, 0.717) is 18.1 Å². The molecular weight excluding hydrogens is 250 g/mol. The van der Waals surface area contributed by atoms with E-state index in [2.05, 4.69) is 10.3 Å². The van der Waals surface area contributed by atoms with Crippen molar-refractivity contribution in [3.05, 3.63) is 36.0 Å². The number of nitrogen functional groups attached to an aromatic ring is 1. The lowest BCUT2D eigenvalue weighted by atomic mass is 10.1. The second-order valence-corrected chi connectivity index (χ2v) is 5.46. The summed E-state index contributed by atoms with van der Waals surface area (Å²) in [6.45, 7) is 0.712. The maximum atomic E-state index is 12.1. The normalized spacial score (nSPS) is 14.4. The molecule has 4 nitrogen and oxygen atoms in total. The Morgan fingerprint density at radius 2 is 2.15 bits per heavy atom. The summed E-state index contributed by atoms with van der Waals surface area (Å²) in [7, 11) is 0. The first-order chi connectivity index (χ1) is 9.74. The smallest absolute Gasteiger partial charge is 0.269 e. The Hall–Kier alpha value is -2.10. The van der Waals surface area contributed by atoms with Gasteiger partial charge >= 0.3 is 0 Å². The van der Waals surface area contributed by atoms with Crippen LogP contribution in [0.5, 0.6) is 0 Å². The molecule has 2 aromatic rings. The zero-order chi connectivity index (χ0) is 13.9. The van der Waals surface area contributed by atoms with Gasteiger partial charge in [-0.2, -0.15) is 0 Å². The maximum Gasteiger partial charge on any atom is 0.269 e. The monoisotopic (exact) mass is 269 g/mol. The van der Waals surface area contributed by atoms with Crippen LogP contribution in [0.15, 0.2) is 30.3 Å². The average molecular weight is 269 g/mol. The fourth-order valence-electron chi connectivity index (χ4n) is 2.43. The highest BCUT2D eigenvalue weighted by Gasteiger charge is 2.20. The summed E-state index contributed by atoms with van der Waals surface area (Å²) in [6, 6.07) is 9.49. The fourth-order valence-corrected chi connectivity index (χ4v) is 2.43. The van der Waals surface area contributed by atoms with Crippen molar-refractivity contribution in [2.24, 2.45) is 5.92 Å². The molecular formula is C16H19N3O. The van der Waals surface area contributed by atoms with E-state index in [1.807, 2.05) is 24.3 Å². The first-order valence-electron chi connectivity index (χ1n) is 7.17. The predicted octanol–water partition coefficient (Wildman–Crippen LogP) is 2.74. The Labute approximate surface area is 118 Å². The highest BCUT2D eigenvalue weighted by atomic mass is 16.1. The molecule has 1 saturated carbocycles. The number of hydrogen-bond donors (Lipinski definition) is 2. The third-order valence-corrected chi connectivity index (χ3v) is 3.77. The van der Waals surface area contributed by atoms with Crippen LogP contribution in [-0.4, -0.2) is 17.4 Å². The molecule has 3 rings (SSSR count). The van der Waals surface area contributed by atoms with Crippen LogP contribution < -0.4 is 11.1 Å². The molecule has 1 heterocycles. The number of carbonyl (C=O) groups is 1. The maximum absolute atomic E-state index is 12.1. The summed E-state index contributed by atoms with van der Waals surface area (Å²) >= 11 is 0. The molecule has 0 bridgehead atoms. The second kappa shape index (κ2) is 5.49. The minimum absolute atomic E-state index is 0.141. The molecule has 0 atom stereocenters. The highest BCUT2D eigenvalue weighted by molar-refractivity contribution is 5.99. The van der Waals surface area contributed by atoms with Crippen molar-refractivity contribution in [1.29, 1.82) is 0 Å². The van der Waals surface area contributed by atoms with Crippen molar-refractivity contribution >= 4 is 22.5 Å². The molecule has 1 aliphatic rings. The first-order valence-corrected chi connectivity index (χ1v) is 7.17. The van der Waals surface area contributed by atoms with Gasteiger partial charge in [0.05, 0.1) is 0 Å². The minimum Gasteiger partial charge on any atom is -0.383 e. The number of carbonyl (C=O) groups excluding carboxylic acids is 1. The second-order valence-electron chi connectivity index (χ2n) is 5.46. The molecule has 0 saturated heterocycles. The Balaban J connectivity index is 1.67. The number of pyridine rings is 1. The summed E-state index contributed by atoms with van der Waals surface area (Å²) < 4.78 is 0. The van der Waals surface area contributed by atoms with Crippen molar-refractivity contribution in [2.75, 3.05) is 12.3 Å². The lowest BCUT2D eigenvalue weighted by Crippen LogP contribution is -2.25. The van der Waals surface area contributed by atoms with Gasteiger partial charge in [-0.05, 0) is 30.2 Å². The van der Waals surface area contributed by atoms with E-state index in [1.165, 1.54) is 19.3 Å². The third kappa shape index (κ3) is 2.90. The van der Waals surface area contributed by atoms with E-state index < -0.39 is 0 Å². The fraction of sp³-hybridized carbons (Fsp3) is 0.375. The van der Waals surface area contributed by atoms with Crippen molar-refractivity contribution in [3.63, 3.8) is 0 Å². The predicted molar refractivity (Wildman–Crippen MR) is 80.4 cm³/mol.